The summed E-state index contributed by atoms with van der Waals surface area (Å²) in [6.45, 7) is 2.17. The molecule has 3 heterocycles. The molecule has 126 valence electrons. The van der Waals surface area contributed by atoms with E-state index in [1.165, 1.54) is 0 Å². The van der Waals surface area contributed by atoms with Gasteiger partial charge in [-0.05, 0) is 25.2 Å². The zero-order valence-corrected chi connectivity index (χ0v) is 14.5. The Kier molecular flexibility index (Phi) is 5.39. The Balaban J connectivity index is 1.80. The van der Waals surface area contributed by atoms with Gasteiger partial charge in [-0.3, -0.25) is 4.68 Å². The number of aliphatic hydroxyl groups is 1. The minimum absolute atomic E-state index is 0.271. The Morgan fingerprint density at radius 2 is 2.08 bits per heavy atom. The molecule has 0 aromatic carbocycles. The van der Waals surface area contributed by atoms with E-state index >= 15 is 0 Å². The zero-order valence-electron chi connectivity index (χ0n) is 13.7. The number of nitrogens with zero attached hydrogens (tertiary/aromatic N) is 4. The van der Waals surface area contributed by atoms with Crippen molar-refractivity contribution in [1.82, 2.24) is 14.8 Å². The van der Waals surface area contributed by atoms with Gasteiger partial charge in [0.25, 0.3) is 0 Å². The van der Waals surface area contributed by atoms with Crippen molar-refractivity contribution >= 4 is 17.3 Å². The zero-order chi connectivity index (χ0) is 16.9. The van der Waals surface area contributed by atoms with Gasteiger partial charge in [-0.25, -0.2) is 4.98 Å². The number of aryl methyl sites for hydroxylation is 1. The summed E-state index contributed by atoms with van der Waals surface area (Å²) in [5.74, 6) is 6.94. The molecule has 0 saturated carbocycles. The highest BCUT2D eigenvalue weighted by Gasteiger charge is 2.21. The largest absolute Gasteiger partial charge is 0.396 e. The highest BCUT2D eigenvalue weighted by Crippen LogP contribution is 2.28. The second-order valence-electron chi connectivity index (χ2n) is 6.12. The Bertz CT molecular complexity index is 754. The van der Waals surface area contributed by atoms with E-state index in [1.54, 1.807) is 17.1 Å². The van der Waals surface area contributed by atoms with Crippen LogP contribution in [0.25, 0.3) is 0 Å². The summed E-state index contributed by atoms with van der Waals surface area (Å²) < 4.78 is 1.73. The first-order chi connectivity index (χ1) is 11.7. The van der Waals surface area contributed by atoms with E-state index in [9.17, 15) is 0 Å². The molecule has 0 atom stereocenters. The Morgan fingerprint density at radius 1 is 1.29 bits per heavy atom. The van der Waals surface area contributed by atoms with Crippen LogP contribution in [0.15, 0.2) is 24.7 Å². The molecule has 0 radical (unpaired) electrons. The SMILES string of the molecule is Cn1cc(C#Cc2cnc(Cl)cc2N2CCC(CCO)CC2)cn1. The minimum Gasteiger partial charge on any atom is -0.396 e. The normalized spacial score (nSPS) is 15.2. The summed E-state index contributed by atoms with van der Waals surface area (Å²) in [7, 11) is 1.87. The van der Waals surface area contributed by atoms with Crippen LogP contribution < -0.4 is 4.90 Å². The lowest BCUT2D eigenvalue weighted by Crippen LogP contribution is -2.34. The summed E-state index contributed by atoms with van der Waals surface area (Å²) in [6, 6.07) is 1.89. The van der Waals surface area contributed by atoms with E-state index in [4.69, 9.17) is 16.7 Å². The molecule has 0 unspecified atom stereocenters. The maximum Gasteiger partial charge on any atom is 0.131 e. The number of hydrogen-bond donors (Lipinski definition) is 1. The highest BCUT2D eigenvalue weighted by atomic mass is 35.5. The van der Waals surface area contributed by atoms with Crippen LogP contribution in [0.4, 0.5) is 5.69 Å². The van der Waals surface area contributed by atoms with Crippen molar-refractivity contribution in [2.24, 2.45) is 13.0 Å². The average Bonchev–Trinajstić information content (AvgIpc) is 3.00. The van der Waals surface area contributed by atoms with Crippen LogP contribution in [0.3, 0.4) is 0 Å². The van der Waals surface area contributed by atoms with E-state index in [1.807, 2.05) is 19.3 Å². The van der Waals surface area contributed by atoms with Gasteiger partial charge in [0.05, 0.1) is 23.0 Å². The molecule has 1 aliphatic heterocycles. The van der Waals surface area contributed by atoms with Gasteiger partial charge in [0.2, 0.25) is 0 Å². The van der Waals surface area contributed by atoms with Crippen LogP contribution in [0.1, 0.15) is 30.4 Å². The van der Waals surface area contributed by atoms with Crippen molar-refractivity contribution in [1.29, 1.82) is 0 Å². The smallest absolute Gasteiger partial charge is 0.131 e. The minimum atomic E-state index is 0.271. The van der Waals surface area contributed by atoms with Crippen molar-refractivity contribution in [3.05, 3.63) is 40.9 Å². The first-order valence-electron chi connectivity index (χ1n) is 8.17. The quantitative estimate of drug-likeness (QED) is 0.686. The third-order valence-electron chi connectivity index (χ3n) is 4.39. The van der Waals surface area contributed by atoms with Gasteiger partial charge < -0.3 is 10.0 Å². The Morgan fingerprint density at radius 3 is 2.75 bits per heavy atom. The number of piperidine rings is 1. The summed E-state index contributed by atoms with van der Waals surface area (Å²) in [5, 5.41) is 13.7. The van der Waals surface area contributed by atoms with Gasteiger partial charge in [0.15, 0.2) is 0 Å². The van der Waals surface area contributed by atoms with Gasteiger partial charge in [-0.15, -0.1) is 0 Å². The van der Waals surface area contributed by atoms with Crippen molar-refractivity contribution in [3.63, 3.8) is 0 Å². The maximum atomic E-state index is 9.10. The van der Waals surface area contributed by atoms with E-state index in [2.05, 4.69) is 26.8 Å². The number of aromatic nitrogens is 3. The molecular formula is C18H21ClN4O. The monoisotopic (exact) mass is 344 g/mol. The van der Waals surface area contributed by atoms with Crippen LogP contribution in [-0.2, 0) is 7.05 Å². The van der Waals surface area contributed by atoms with Crippen molar-refractivity contribution < 1.29 is 5.11 Å². The molecule has 0 spiro atoms. The van der Waals surface area contributed by atoms with Gasteiger partial charge in [-0.2, -0.15) is 5.10 Å². The molecule has 0 bridgehead atoms. The molecule has 2 aromatic heterocycles. The summed E-state index contributed by atoms with van der Waals surface area (Å²) in [4.78, 5) is 6.49. The van der Waals surface area contributed by atoms with Crippen LogP contribution in [0.2, 0.25) is 5.15 Å². The van der Waals surface area contributed by atoms with Gasteiger partial charge >= 0.3 is 0 Å². The topological polar surface area (TPSA) is 54.2 Å². The molecule has 0 aliphatic carbocycles. The molecule has 24 heavy (non-hydrogen) atoms. The lowest BCUT2D eigenvalue weighted by molar-refractivity contribution is 0.240. The second-order valence-corrected chi connectivity index (χ2v) is 6.51. The molecule has 1 saturated heterocycles. The summed E-state index contributed by atoms with van der Waals surface area (Å²) in [6.07, 6.45) is 8.41. The molecular weight excluding hydrogens is 324 g/mol. The third kappa shape index (κ3) is 4.08. The molecule has 3 rings (SSSR count). The molecule has 1 aliphatic rings. The number of anilines is 1. The lowest BCUT2D eigenvalue weighted by atomic mass is 9.93. The van der Waals surface area contributed by atoms with Crippen LogP contribution >= 0.6 is 11.6 Å². The molecule has 1 fully saturated rings. The van der Waals surface area contributed by atoms with Gasteiger partial charge in [0, 0.05) is 45.2 Å². The number of halogens is 1. The predicted molar refractivity (Wildman–Crippen MR) is 95.1 cm³/mol. The lowest BCUT2D eigenvalue weighted by Gasteiger charge is -2.34. The Hall–Kier alpha value is -2.03. The predicted octanol–water partition coefficient (Wildman–Crippen LogP) is 2.47. The number of hydrogen-bond acceptors (Lipinski definition) is 4. The maximum absolute atomic E-state index is 9.10. The molecule has 2 aromatic rings. The van der Waals surface area contributed by atoms with Crippen LogP contribution in [0.5, 0.6) is 0 Å². The van der Waals surface area contributed by atoms with Crippen molar-refractivity contribution in [2.45, 2.75) is 19.3 Å². The van der Waals surface area contributed by atoms with E-state index in [-0.39, 0.29) is 6.61 Å². The molecule has 5 nitrogen and oxygen atoms in total. The van der Waals surface area contributed by atoms with Gasteiger partial charge in [-0.1, -0.05) is 23.4 Å². The molecule has 6 heteroatoms. The number of pyridine rings is 1. The Labute approximate surface area is 147 Å². The fourth-order valence-electron chi connectivity index (χ4n) is 3.05. The standard InChI is InChI=1S/C18H21ClN4O/c1-22-13-15(11-21-22)2-3-16-12-20-18(19)10-17(16)23-7-4-14(5-8-23)6-9-24/h10-14,24H,4-9H2,1H3. The van der Waals surface area contributed by atoms with E-state index < -0.39 is 0 Å². The van der Waals surface area contributed by atoms with Crippen LogP contribution in [0, 0.1) is 17.8 Å². The summed E-state index contributed by atoms with van der Waals surface area (Å²) in [5.41, 5.74) is 2.79. The van der Waals surface area contributed by atoms with Crippen LogP contribution in [-0.4, -0.2) is 39.6 Å². The van der Waals surface area contributed by atoms with Crippen molar-refractivity contribution in [2.75, 3.05) is 24.6 Å². The van der Waals surface area contributed by atoms with E-state index in [0.29, 0.717) is 11.1 Å². The second kappa shape index (κ2) is 7.69. The number of aliphatic hydroxyl groups excluding tert-OH is 1. The third-order valence-corrected chi connectivity index (χ3v) is 4.59. The molecule has 0 amide bonds. The molecule has 1 N–H and O–H groups in total. The van der Waals surface area contributed by atoms with Gasteiger partial charge in [0.1, 0.15) is 5.15 Å². The summed E-state index contributed by atoms with van der Waals surface area (Å²) >= 11 is 6.10. The highest BCUT2D eigenvalue weighted by molar-refractivity contribution is 6.29. The average molecular weight is 345 g/mol. The number of rotatable bonds is 3. The fourth-order valence-corrected chi connectivity index (χ4v) is 3.20. The first-order valence-corrected chi connectivity index (χ1v) is 8.55. The van der Waals surface area contributed by atoms with Crippen molar-refractivity contribution in [3.8, 4) is 11.8 Å². The fraction of sp³-hybridized carbons (Fsp3) is 0.444. The van der Waals surface area contributed by atoms with E-state index in [0.717, 1.165) is 49.2 Å². The first kappa shape index (κ1) is 16.8.